The Morgan fingerprint density at radius 2 is 2.30 bits per heavy atom. The third kappa shape index (κ3) is 2.88. The minimum atomic E-state index is -0.273. The Morgan fingerprint density at radius 3 is 3.15 bits per heavy atom. The van der Waals surface area contributed by atoms with Crippen LogP contribution in [-0.2, 0) is 12.8 Å². The van der Waals surface area contributed by atoms with Crippen molar-refractivity contribution in [3.05, 3.63) is 46.2 Å². The monoisotopic (exact) mass is 289 g/mol. The number of halogens is 1. The molecule has 20 heavy (non-hydrogen) atoms. The summed E-state index contributed by atoms with van der Waals surface area (Å²) in [6.45, 7) is 2.27. The number of hydrogen-bond donors (Lipinski definition) is 1. The van der Waals surface area contributed by atoms with Crippen LogP contribution < -0.4 is 5.43 Å². The molecule has 3 rings (SSSR count). The van der Waals surface area contributed by atoms with E-state index in [1.54, 1.807) is 29.5 Å². The van der Waals surface area contributed by atoms with Crippen LogP contribution in [0.25, 0.3) is 0 Å². The van der Waals surface area contributed by atoms with Gasteiger partial charge in [0.25, 0.3) is 0 Å². The molecule has 0 bridgehead atoms. The van der Waals surface area contributed by atoms with E-state index < -0.39 is 0 Å². The van der Waals surface area contributed by atoms with Crippen molar-refractivity contribution < 1.29 is 4.39 Å². The van der Waals surface area contributed by atoms with Gasteiger partial charge in [-0.25, -0.2) is 9.37 Å². The number of thiazole rings is 1. The molecule has 5 heteroatoms. The first-order valence-corrected chi connectivity index (χ1v) is 7.56. The molecule has 0 amide bonds. The standard InChI is InChI=1S/C15H16FN3S/c1-10-6-7-13-14(8-10)20-15(18-13)19-17-9-11-4-2-3-5-12(11)16/h2-5,9-10H,6-8H2,1H3,(H,18,19)/b17-9+/t10-/m0/s1. The topological polar surface area (TPSA) is 37.3 Å². The summed E-state index contributed by atoms with van der Waals surface area (Å²) in [5, 5.41) is 4.86. The van der Waals surface area contributed by atoms with Gasteiger partial charge in [0.1, 0.15) is 5.82 Å². The van der Waals surface area contributed by atoms with Crippen LogP contribution in [-0.4, -0.2) is 11.2 Å². The van der Waals surface area contributed by atoms with E-state index in [2.05, 4.69) is 22.4 Å². The number of aromatic nitrogens is 1. The van der Waals surface area contributed by atoms with Crippen LogP contribution in [0, 0.1) is 11.7 Å². The zero-order valence-corrected chi connectivity index (χ0v) is 12.1. The molecule has 0 unspecified atom stereocenters. The smallest absolute Gasteiger partial charge is 0.203 e. The van der Waals surface area contributed by atoms with Crippen molar-refractivity contribution in [2.45, 2.75) is 26.2 Å². The zero-order chi connectivity index (χ0) is 13.9. The van der Waals surface area contributed by atoms with Gasteiger partial charge in [-0.1, -0.05) is 25.1 Å². The number of hydrogen-bond acceptors (Lipinski definition) is 4. The molecule has 1 aliphatic rings. The van der Waals surface area contributed by atoms with Crippen LogP contribution >= 0.6 is 11.3 Å². The molecular formula is C15H16FN3S. The molecule has 1 aromatic carbocycles. The molecule has 0 fully saturated rings. The summed E-state index contributed by atoms with van der Waals surface area (Å²) in [7, 11) is 0. The van der Waals surface area contributed by atoms with E-state index in [1.165, 1.54) is 29.3 Å². The Morgan fingerprint density at radius 1 is 1.45 bits per heavy atom. The number of benzene rings is 1. The Bertz CT molecular complexity index is 636. The summed E-state index contributed by atoms with van der Waals surface area (Å²) in [5.41, 5.74) is 4.56. The Labute approximate surface area is 121 Å². The molecule has 1 atom stereocenters. The van der Waals surface area contributed by atoms with Crippen molar-refractivity contribution in [1.29, 1.82) is 0 Å². The minimum absolute atomic E-state index is 0.273. The van der Waals surface area contributed by atoms with E-state index in [9.17, 15) is 4.39 Å². The SMILES string of the molecule is C[C@H]1CCc2nc(N/N=C/c3ccccc3F)sc2C1. The van der Waals surface area contributed by atoms with Crippen LogP contribution in [0.3, 0.4) is 0 Å². The molecule has 0 saturated heterocycles. The highest BCUT2D eigenvalue weighted by Crippen LogP contribution is 2.31. The minimum Gasteiger partial charge on any atom is -0.253 e. The van der Waals surface area contributed by atoms with Crippen LogP contribution in [0.1, 0.15) is 29.5 Å². The third-order valence-electron chi connectivity index (χ3n) is 3.46. The zero-order valence-electron chi connectivity index (χ0n) is 11.3. The second-order valence-corrected chi connectivity index (χ2v) is 6.21. The predicted octanol–water partition coefficient (Wildman–Crippen LogP) is 3.85. The van der Waals surface area contributed by atoms with Crippen molar-refractivity contribution >= 4 is 22.7 Å². The number of hydrazone groups is 1. The summed E-state index contributed by atoms with van der Waals surface area (Å²) in [4.78, 5) is 5.89. The van der Waals surface area contributed by atoms with Crippen molar-refractivity contribution in [2.24, 2.45) is 11.0 Å². The summed E-state index contributed by atoms with van der Waals surface area (Å²) in [6.07, 6.45) is 4.84. The number of aryl methyl sites for hydroxylation is 1. The van der Waals surface area contributed by atoms with Gasteiger partial charge in [-0.05, 0) is 31.2 Å². The van der Waals surface area contributed by atoms with Gasteiger partial charge in [0.2, 0.25) is 5.13 Å². The lowest BCUT2D eigenvalue weighted by molar-refractivity contribution is 0.502. The maximum atomic E-state index is 13.4. The normalized spacial score (nSPS) is 18.2. The molecule has 1 N–H and O–H groups in total. The van der Waals surface area contributed by atoms with Crippen molar-refractivity contribution in [1.82, 2.24) is 4.98 Å². The fourth-order valence-corrected chi connectivity index (χ4v) is 3.45. The van der Waals surface area contributed by atoms with Gasteiger partial charge in [-0.2, -0.15) is 5.10 Å². The molecule has 1 aromatic heterocycles. The largest absolute Gasteiger partial charge is 0.253 e. The van der Waals surface area contributed by atoms with Gasteiger partial charge < -0.3 is 0 Å². The predicted molar refractivity (Wildman–Crippen MR) is 80.9 cm³/mol. The van der Waals surface area contributed by atoms with Gasteiger partial charge in [-0.3, -0.25) is 5.43 Å². The van der Waals surface area contributed by atoms with E-state index in [0.29, 0.717) is 5.56 Å². The van der Waals surface area contributed by atoms with Crippen LogP contribution in [0.4, 0.5) is 9.52 Å². The maximum Gasteiger partial charge on any atom is 0.203 e. The van der Waals surface area contributed by atoms with E-state index >= 15 is 0 Å². The van der Waals surface area contributed by atoms with Crippen LogP contribution in [0.5, 0.6) is 0 Å². The lowest BCUT2D eigenvalue weighted by Crippen LogP contribution is -2.09. The molecule has 3 nitrogen and oxygen atoms in total. The Kier molecular flexibility index (Phi) is 3.78. The van der Waals surface area contributed by atoms with Crippen LogP contribution in [0.2, 0.25) is 0 Å². The molecule has 2 aromatic rings. The van der Waals surface area contributed by atoms with Gasteiger partial charge in [0.05, 0.1) is 11.9 Å². The van der Waals surface area contributed by atoms with Crippen molar-refractivity contribution in [3.63, 3.8) is 0 Å². The average molecular weight is 289 g/mol. The second kappa shape index (κ2) is 5.71. The number of nitrogens with zero attached hydrogens (tertiary/aromatic N) is 2. The van der Waals surface area contributed by atoms with E-state index in [0.717, 1.165) is 23.9 Å². The van der Waals surface area contributed by atoms with Crippen LogP contribution in [0.15, 0.2) is 29.4 Å². The molecule has 0 radical (unpaired) electrons. The molecular weight excluding hydrogens is 273 g/mol. The van der Waals surface area contributed by atoms with Gasteiger partial charge in [-0.15, -0.1) is 11.3 Å². The molecule has 0 saturated carbocycles. The highest BCUT2D eigenvalue weighted by Gasteiger charge is 2.19. The average Bonchev–Trinajstić information content (AvgIpc) is 2.83. The quantitative estimate of drug-likeness (QED) is 0.688. The lowest BCUT2D eigenvalue weighted by Gasteiger charge is -2.15. The molecule has 1 aliphatic carbocycles. The lowest BCUT2D eigenvalue weighted by atomic mass is 9.93. The van der Waals surface area contributed by atoms with Gasteiger partial charge in [0, 0.05) is 10.4 Å². The summed E-state index contributed by atoms with van der Waals surface area (Å²) in [6, 6.07) is 6.56. The fraction of sp³-hybridized carbons (Fsp3) is 0.333. The first-order valence-electron chi connectivity index (χ1n) is 6.74. The second-order valence-electron chi connectivity index (χ2n) is 5.13. The van der Waals surface area contributed by atoms with Gasteiger partial charge >= 0.3 is 0 Å². The molecule has 1 heterocycles. The van der Waals surface area contributed by atoms with Crippen molar-refractivity contribution in [3.8, 4) is 0 Å². The molecule has 104 valence electrons. The van der Waals surface area contributed by atoms with Crippen molar-refractivity contribution in [2.75, 3.05) is 5.43 Å². The fourth-order valence-electron chi connectivity index (χ4n) is 2.32. The Balaban J connectivity index is 1.69. The van der Waals surface area contributed by atoms with Gasteiger partial charge in [0.15, 0.2) is 0 Å². The Hall–Kier alpha value is -1.75. The highest BCUT2D eigenvalue weighted by atomic mass is 32.1. The third-order valence-corrected chi connectivity index (χ3v) is 4.48. The highest BCUT2D eigenvalue weighted by molar-refractivity contribution is 7.15. The maximum absolute atomic E-state index is 13.4. The van der Waals surface area contributed by atoms with E-state index in [-0.39, 0.29) is 5.82 Å². The molecule has 0 spiro atoms. The van der Waals surface area contributed by atoms with E-state index in [1.807, 2.05) is 0 Å². The summed E-state index contributed by atoms with van der Waals surface area (Å²) >= 11 is 1.65. The first-order chi connectivity index (χ1) is 9.72. The number of fused-ring (bicyclic) bond motifs is 1. The molecule has 0 aliphatic heterocycles. The number of nitrogens with one attached hydrogen (secondary N) is 1. The summed E-state index contributed by atoms with van der Waals surface area (Å²) in [5.74, 6) is 0.461. The van der Waals surface area contributed by atoms with E-state index in [4.69, 9.17) is 0 Å². The number of anilines is 1. The number of rotatable bonds is 3. The summed E-state index contributed by atoms with van der Waals surface area (Å²) < 4.78 is 13.4. The first kappa shape index (κ1) is 13.2.